The van der Waals surface area contributed by atoms with Crippen LogP contribution in [0.25, 0.3) is 0 Å². The third-order valence-corrected chi connectivity index (χ3v) is 1.90. The molecule has 1 nitrogen and oxygen atoms in total. The van der Waals surface area contributed by atoms with E-state index in [9.17, 15) is 0 Å². The molecule has 0 heterocycles. The lowest BCUT2D eigenvalue weighted by molar-refractivity contribution is 0.746. The molecule has 0 aliphatic carbocycles. The molecule has 0 N–H and O–H groups in total. The molecule has 32 valence electrons. The van der Waals surface area contributed by atoms with Crippen LogP contribution >= 0.6 is 0 Å². The molecule has 0 saturated carbocycles. The topological polar surface area (TPSA) is 3.24 Å². The Hall–Kier alpha value is 0.394. The molecule has 0 atom stereocenters. The average Bonchev–Trinajstić information content (AvgIpc) is 1.38. The van der Waals surface area contributed by atoms with E-state index in [2.05, 4.69) is 11.2 Å². The standard InChI is InChI=1S/C2H11NSi2/c1-2-3(4)5/h2H2,1,4-5H3. The SMILES string of the molecule is CCN([SiH3])[SiH3]. The number of rotatable bonds is 1. The number of hydrogen-bond donors (Lipinski definition) is 0. The first-order valence-corrected chi connectivity index (χ1v) is 3.71. The minimum absolute atomic E-state index is 1.26. The Morgan fingerprint density at radius 2 is 1.80 bits per heavy atom. The van der Waals surface area contributed by atoms with Gasteiger partial charge in [0, 0.05) is 0 Å². The molecule has 0 amide bonds. The molecule has 0 radical (unpaired) electrons. The van der Waals surface area contributed by atoms with Crippen molar-refractivity contribution in [3.05, 3.63) is 0 Å². The number of hydrogen-bond acceptors (Lipinski definition) is 1. The summed E-state index contributed by atoms with van der Waals surface area (Å²) in [6.45, 7) is 3.46. The zero-order chi connectivity index (χ0) is 4.28. The van der Waals surface area contributed by atoms with Crippen molar-refractivity contribution in [2.24, 2.45) is 0 Å². The molecule has 0 aromatic rings. The predicted octanol–water partition coefficient (Wildman–Crippen LogP) is -2.13. The fourth-order valence-electron chi connectivity index (χ4n) is 0. The first kappa shape index (κ1) is 5.39. The summed E-state index contributed by atoms with van der Waals surface area (Å²) in [5.74, 6) is 0. The van der Waals surface area contributed by atoms with Gasteiger partial charge in [0.15, 0.2) is 0 Å². The molecule has 0 spiro atoms. The Bertz CT molecular complexity index is 21.6. The maximum atomic E-state index is 2.40. The van der Waals surface area contributed by atoms with Crippen molar-refractivity contribution in [1.82, 2.24) is 4.23 Å². The van der Waals surface area contributed by atoms with Crippen molar-refractivity contribution in [3.8, 4) is 0 Å². The Labute approximate surface area is 39.4 Å². The van der Waals surface area contributed by atoms with Crippen LogP contribution in [-0.4, -0.2) is 31.6 Å². The van der Waals surface area contributed by atoms with Crippen LogP contribution in [0.5, 0.6) is 0 Å². The highest BCUT2D eigenvalue weighted by molar-refractivity contribution is 6.24. The molecule has 0 aliphatic heterocycles. The summed E-state index contributed by atoms with van der Waals surface area (Å²) in [4.78, 5) is 0. The van der Waals surface area contributed by atoms with Crippen LogP contribution < -0.4 is 0 Å². The van der Waals surface area contributed by atoms with Crippen molar-refractivity contribution in [2.75, 3.05) is 6.54 Å². The fraction of sp³-hybridized carbons (Fsp3) is 1.00. The minimum atomic E-state index is 1.26. The van der Waals surface area contributed by atoms with E-state index in [0.717, 1.165) is 0 Å². The van der Waals surface area contributed by atoms with E-state index >= 15 is 0 Å². The van der Waals surface area contributed by atoms with Crippen molar-refractivity contribution in [1.29, 1.82) is 0 Å². The van der Waals surface area contributed by atoms with Gasteiger partial charge in [-0.15, -0.1) is 0 Å². The smallest absolute Gasteiger partial charge is 0.0697 e. The van der Waals surface area contributed by atoms with Crippen LogP contribution in [0.1, 0.15) is 6.92 Å². The van der Waals surface area contributed by atoms with Crippen molar-refractivity contribution < 1.29 is 0 Å². The lowest BCUT2D eigenvalue weighted by Gasteiger charge is -2.00. The molecule has 0 rings (SSSR count). The first-order valence-electron chi connectivity index (χ1n) is 1.92. The van der Waals surface area contributed by atoms with Crippen LogP contribution in [0.2, 0.25) is 0 Å². The lowest BCUT2D eigenvalue weighted by Crippen LogP contribution is -2.13. The second kappa shape index (κ2) is 2.62. The second-order valence-electron chi connectivity index (χ2n) is 1.40. The maximum absolute atomic E-state index is 2.40. The third-order valence-electron chi connectivity index (χ3n) is 0.632. The largest absolute Gasteiger partial charge is 0.361 e. The van der Waals surface area contributed by atoms with Crippen molar-refractivity contribution >= 4 is 20.8 Å². The van der Waals surface area contributed by atoms with E-state index in [-0.39, 0.29) is 0 Å². The summed E-state index contributed by atoms with van der Waals surface area (Å²) in [6.07, 6.45) is 0. The van der Waals surface area contributed by atoms with E-state index in [1.165, 1.54) is 27.4 Å². The highest BCUT2D eigenvalue weighted by Crippen LogP contribution is 1.60. The van der Waals surface area contributed by atoms with Crippen LogP contribution in [-0.2, 0) is 0 Å². The molecule has 5 heavy (non-hydrogen) atoms. The normalized spacial score (nSPS) is 10.8. The van der Waals surface area contributed by atoms with Gasteiger partial charge in [-0.3, -0.25) is 0 Å². The molecule has 0 aromatic carbocycles. The predicted molar refractivity (Wildman–Crippen MR) is 32.3 cm³/mol. The van der Waals surface area contributed by atoms with Gasteiger partial charge in [-0.2, -0.15) is 0 Å². The summed E-state index contributed by atoms with van der Waals surface area (Å²) in [5.41, 5.74) is 0. The molecular formula is C2H11NSi2. The molecule has 0 unspecified atom stereocenters. The van der Waals surface area contributed by atoms with E-state index in [0.29, 0.717) is 0 Å². The second-order valence-corrected chi connectivity index (χ2v) is 6.24. The highest BCUT2D eigenvalue weighted by Gasteiger charge is 1.72. The van der Waals surface area contributed by atoms with Gasteiger partial charge in [0.1, 0.15) is 0 Å². The Balaban J connectivity index is 2.54. The van der Waals surface area contributed by atoms with E-state index in [1.807, 2.05) is 0 Å². The molecular weight excluding hydrogens is 94.2 g/mol. The molecule has 0 aliphatic rings. The van der Waals surface area contributed by atoms with Gasteiger partial charge in [-0.05, 0) is 6.54 Å². The Morgan fingerprint density at radius 1 is 1.60 bits per heavy atom. The summed E-state index contributed by atoms with van der Waals surface area (Å²) < 4.78 is 2.40. The first-order chi connectivity index (χ1) is 2.27. The Kier molecular flexibility index (Phi) is 2.83. The average molecular weight is 105 g/mol. The third kappa shape index (κ3) is 4.39. The van der Waals surface area contributed by atoms with Crippen LogP contribution in [0.15, 0.2) is 0 Å². The van der Waals surface area contributed by atoms with Gasteiger partial charge >= 0.3 is 0 Å². The van der Waals surface area contributed by atoms with Crippen LogP contribution in [0.3, 0.4) is 0 Å². The minimum Gasteiger partial charge on any atom is -0.361 e. The summed E-state index contributed by atoms with van der Waals surface area (Å²) >= 11 is 0. The quantitative estimate of drug-likeness (QED) is 0.344. The van der Waals surface area contributed by atoms with E-state index in [4.69, 9.17) is 0 Å². The molecule has 0 fully saturated rings. The van der Waals surface area contributed by atoms with Crippen molar-refractivity contribution in [3.63, 3.8) is 0 Å². The van der Waals surface area contributed by atoms with Crippen LogP contribution in [0, 0.1) is 0 Å². The van der Waals surface area contributed by atoms with Crippen LogP contribution in [0.4, 0.5) is 0 Å². The molecule has 0 saturated heterocycles. The van der Waals surface area contributed by atoms with E-state index < -0.39 is 0 Å². The molecule has 0 aromatic heterocycles. The zero-order valence-corrected chi connectivity index (χ0v) is 8.15. The van der Waals surface area contributed by atoms with Gasteiger partial charge in [-0.1, -0.05) is 6.92 Å². The fourth-order valence-corrected chi connectivity index (χ4v) is 0. The lowest BCUT2D eigenvalue weighted by atomic mass is 10.8. The maximum Gasteiger partial charge on any atom is 0.0697 e. The molecule has 0 bridgehead atoms. The van der Waals surface area contributed by atoms with Gasteiger partial charge in [-0.25, -0.2) is 0 Å². The van der Waals surface area contributed by atoms with E-state index in [1.54, 1.807) is 0 Å². The van der Waals surface area contributed by atoms with Gasteiger partial charge < -0.3 is 4.23 Å². The monoisotopic (exact) mass is 105 g/mol. The summed E-state index contributed by atoms with van der Waals surface area (Å²) in [6, 6.07) is 0. The summed E-state index contributed by atoms with van der Waals surface area (Å²) in [7, 11) is 2.53. The Morgan fingerprint density at radius 3 is 1.80 bits per heavy atom. The van der Waals surface area contributed by atoms with Gasteiger partial charge in [0.25, 0.3) is 0 Å². The van der Waals surface area contributed by atoms with Crippen molar-refractivity contribution in [2.45, 2.75) is 6.92 Å². The zero-order valence-electron chi connectivity index (χ0n) is 4.15. The molecule has 3 heteroatoms. The van der Waals surface area contributed by atoms with Gasteiger partial charge in [0.05, 0.1) is 20.8 Å². The number of nitrogens with zero attached hydrogens (tertiary/aromatic N) is 1. The van der Waals surface area contributed by atoms with Gasteiger partial charge in [0.2, 0.25) is 0 Å². The highest BCUT2D eigenvalue weighted by atomic mass is 28.2. The summed E-state index contributed by atoms with van der Waals surface area (Å²) in [5, 5.41) is 0.